The fourth-order valence-electron chi connectivity index (χ4n) is 3.42. The van der Waals surface area contributed by atoms with Gasteiger partial charge in [-0.05, 0) is 36.3 Å². The van der Waals surface area contributed by atoms with Gasteiger partial charge in [0.2, 0.25) is 5.78 Å². The minimum atomic E-state index is -0.975. The van der Waals surface area contributed by atoms with Crippen molar-refractivity contribution < 1.29 is 14.1 Å². The largest absolute Gasteiger partial charge is 0.464 e. The summed E-state index contributed by atoms with van der Waals surface area (Å²) in [4.78, 5) is 23.0. The van der Waals surface area contributed by atoms with Gasteiger partial charge in [0.25, 0.3) is 3.79 Å². The SMILES string of the molecule is CC(C)(C)c1cc(CCC(=O)C(=O)I)ccc1OP(C1=CCCC=C1)c1ccccc1. The summed E-state index contributed by atoms with van der Waals surface area (Å²) in [5.74, 6) is 0.546. The first kappa shape index (κ1) is 23.9. The normalized spacial score (nSPS) is 14.6. The zero-order chi connectivity index (χ0) is 22.4. The molecule has 0 spiro atoms. The van der Waals surface area contributed by atoms with Crippen LogP contribution in [0.25, 0.3) is 0 Å². The van der Waals surface area contributed by atoms with Crippen molar-refractivity contribution in [3.05, 3.63) is 83.2 Å². The summed E-state index contributed by atoms with van der Waals surface area (Å²) in [5, 5.41) is 2.42. The van der Waals surface area contributed by atoms with Gasteiger partial charge in [0.05, 0.1) is 0 Å². The Morgan fingerprint density at radius 1 is 1.06 bits per heavy atom. The van der Waals surface area contributed by atoms with Crippen LogP contribution in [0.3, 0.4) is 0 Å². The van der Waals surface area contributed by atoms with Gasteiger partial charge in [-0.15, -0.1) is 0 Å². The average Bonchev–Trinajstić information content (AvgIpc) is 2.76. The molecule has 0 radical (unpaired) electrons. The number of halogens is 1. The Balaban J connectivity index is 1.93. The predicted octanol–water partition coefficient (Wildman–Crippen LogP) is 6.78. The zero-order valence-corrected chi connectivity index (χ0v) is 21.3. The van der Waals surface area contributed by atoms with E-state index in [2.05, 4.69) is 69.3 Å². The first-order chi connectivity index (χ1) is 14.8. The van der Waals surface area contributed by atoms with Crippen LogP contribution in [0.5, 0.6) is 5.75 Å². The zero-order valence-electron chi connectivity index (χ0n) is 18.2. The minimum Gasteiger partial charge on any atom is -0.464 e. The third kappa shape index (κ3) is 6.60. The topological polar surface area (TPSA) is 43.4 Å². The van der Waals surface area contributed by atoms with Gasteiger partial charge < -0.3 is 4.52 Å². The number of Topliss-reactive ketones (excluding diaryl/α,β-unsaturated/α-hetero) is 1. The Hall–Kier alpha value is -1.78. The Labute approximate surface area is 199 Å². The lowest BCUT2D eigenvalue weighted by molar-refractivity contribution is -0.130. The fourth-order valence-corrected chi connectivity index (χ4v) is 5.53. The molecule has 0 aliphatic heterocycles. The maximum Gasteiger partial charge on any atom is 0.257 e. The second-order valence-corrected chi connectivity index (χ2v) is 11.4. The number of hydrogen-bond acceptors (Lipinski definition) is 3. The van der Waals surface area contributed by atoms with Crippen molar-refractivity contribution in [2.24, 2.45) is 0 Å². The maximum atomic E-state index is 11.8. The molecule has 5 heteroatoms. The van der Waals surface area contributed by atoms with Crippen molar-refractivity contribution in [1.29, 1.82) is 0 Å². The molecule has 2 aromatic rings. The summed E-state index contributed by atoms with van der Waals surface area (Å²) >= 11 is 1.56. The van der Waals surface area contributed by atoms with E-state index in [-0.39, 0.29) is 17.6 Å². The van der Waals surface area contributed by atoms with E-state index in [1.807, 2.05) is 18.2 Å². The molecule has 0 saturated heterocycles. The molecule has 31 heavy (non-hydrogen) atoms. The van der Waals surface area contributed by atoms with Gasteiger partial charge in [-0.25, -0.2) is 0 Å². The van der Waals surface area contributed by atoms with Crippen LogP contribution in [0, 0.1) is 0 Å². The molecule has 0 saturated carbocycles. The molecule has 0 amide bonds. The van der Waals surface area contributed by atoms with Crippen molar-refractivity contribution in [1.82, 2.24) is 0 Å². The number of ketones is 1. The van der Waals surface area contributed by atoms with E-state index in [1.165, 1.54) is 10.6 Å². The van der Waals surface area contributed by atoms with Crippen molar-refractivity contribution in [2.45, 2.75) is 51.9 Å². The van der Waals surface area contributed by atoms with Crippen LogP contribution in [0.1, 0.15) is 51.2 Å². The second-order valence-electron chi connectivity index (χ2n) is 8.61. The number of allylic oxidation sites excluding steroid dienone is 4. The van der Waals surface area contributed by atoms with Gasteiger partial charge in [-0.3, -0.25) is 9.59 Å². The number of benzene rings is 2. The molecule has 0 bridgehead atoms. The first-order valence-corrected chi connectivity index (χ1v) is 12.9. The molecular formula is C26H28IO3P. The predicted molar refractivity (Wildman–Crippen MR) is 138 cm³/mol. The first-order valence-electron chi connectivity index (χ1n) is 10.5. The summed E-state index contributed by atoms with van der Waals surface area (Å²) in [6, 6.07) is 16.6. The number of rotatable bonds is 8. The summed E-state index contributed by atoms with van der Waals surface area (Å²) < 4.78 is 6.33. The van der Waals surface area contributed by atoms with Crippen LogP contribution in [0.2, 0.25) is 0 Å². The lowest BCUT2D eigenvalue weighted by atomic mass is 9.85. The molecule has 0 aromatic heterocycles. The minimum absolute atomic E-state index is 0.122. The highest BCUT2D eigenvalue weighted by Gasteiger charge is 2.25. The van der Waals surface area contributed by atoms with Crippen molar-refractivity contribution in [2.75, 3.05) is 0 Å². The van der Waals surface area contributed by atoms with Crippen LogP contribution in [0.4, 0.5) is 0 Å². The fraction of sp³-hybridized carbons (Fsp3) is 0.308. The highest BCUT2D eigenvalue weighted by molar-refractivity contribution is 14.1. The number of carbonyl (C=O) groups is 2. The Kier molecular flexibility index (Phi) is 8.23. The molecule has 3 rings (SSSR count). The molecular weight excluding hydrogens is 518 g/mol. The summed E-state index contributed by atoms with van der Waals surface area (Å²) in [5.41, 5.74) is 2.04. The highest BCUT2D eigenvalue weighted by Crippen LogP contribution is 2.49. The van der Waals surface area contributed by atoms with Gasteiger partial charge in [0, 0.05) is 45.2 Å². The van der Waals surface area contributed by atoms with Gasteiger partial charge in [0.1, 0.15) is 13.9 Å². The monoisotopic (exact) mass is 546 g/mol. The quantitative estimate of drug-likeness (QED) is 0.159. The Morgan fingerprint density at radius 2 is 1.81 bits per heavy atom. The molecule has 0 fully saturated rings. The molecule has 3 nitrogen and oxygen atoms in total. The Morgan fingerprint density at radius 3 is 2.42 bits per heavy atom. The van der Waals surface area contributed by atoms with Crippen LogP contribution in [-0.4, -0.2) is 9.57 Å². The van der Waals surface area contributed by atoms with E-state index < -0.39 is 11.9 Å². The van der Waals surface area contributed by atoms with E-state index in [0.29, 0.717) is 6.42 Å². The summed E-state index contributed by atoms with van der Waals surface area (Å²) in [6.45, 7) is 6.51. The molecule has 0 N–H and O–H groups in total. The van der Waals surface area contributed by atoms with Crippen molar-refractivity contribution >= 4 is 45.6 Å². The van der Waals surface area contributed by atoms with Crippen molar-refractivity contribution in [3.63, 3.8) is 0 Å². The number of hydrogen-bond donors (Lipinski definition) is 0. The van der Waals surface area contributed by atoms with Gasteiger partial charge in [-0.2, -0.15) is 0 Å². The molecule has 0 heterocycles. The molecule has 1 aliphatic carbocycles. The molecule has 162 valence electrons. The summed E-state index contributed by atoms with van der Waals surface area (Å²) in [7, 11) is -0.975. The van der Waals surface area contributed by atoms with Crippen LogP contribution in [0.15, 0.2) is 72.1 Å². The van der Waals surface area contributed by atoms with Gasteiger partial charge in [0.15, 0.2) is 0 Å². The number of carbonyl (C=O) groups excluding carboxylic acids is 2. The molecule has 1 unspecified atom stereocenters. The Bertz CT molecular complexity index is 1000. The molecule has 1 atom stereocenters. The second kappa shape index (κ2) is 10.7. The lowest BCUT2D eigenvalue weighted by Crippen LogP contribution is -2.15. The standard InChI is InChI=1S/C26H28IO3P/c1-26(2,3)22-18-19(14-16-23(28)25(27)29)15-17-24(22)30-31(20-10-6-4-7-11-20)21-12-8-5-9-13-21/h4,6-8,10-13,15,17-18H,5,9,14,16H2,1-3H3. The van der Waals surface area contributed by atoms with E-state index in [1.54, 1.807) is 22.6 Å². The molecule has 1 aliphatic rings. The van der Waals surface area contributed by atoms with E-state index in [4.69, 9.17) is 4.52 Å². The van der Waals surface area contributed by atoms with Crippen LogP contribution >= 0.6 is 30.7 Å². The lowest BCUT2D eigenvalue weighted by Gasteiger charge is -2.28. The summed E-state index contributed by atoms with van der Waals surface area (Å²) in [6.07, 6.45) is 9.60. The van der Waals surface area contributed by atoms with E-state index >= 15 is 0 Å². The number of aryl methyl sites for hydroxylation is 1. The van der Waals surface area contributed by atoms with Gasteiger partial charge >= 0.3 is 0 Å². The smallest absolute Gasteiger partial charge is 0.257 e. The highest BCUT2D eigenvalue weighted by atomic mass is 127. The molecule has 2 aromatic carbocycles. The maximum absolute atomic E-state index is 11.8. The van der Waals surface area contributed by atoms with Gasteiger partial charge in [-0.1, -0.05) is 81.5 Å². The third-order valence-electron chi connectivity index (χ3n) is 5.10. The van der Waals surface area contributed by atoms with E-state index in [9.17, 15) is 9.59 Å². The van der Waals surface area contributed by atoms with Crippen LogP contribution < -0.4 is 9.83 Å². The van der Waals surface area contributed by atoms with Crippen molar-refractivity contribution in [3.8, 4) is 5.75 Å². The average molecular weight is 546 g/mol. The van der Waals surface area contributed by atoms with Crippen LogP contribution in [-0.2, 0) is 21.4 Å². The van der Waals surface area contributed by atoms with E-state index in [0.717, 1.165) is 29.7 Å². The third-order valence-corrected chi connectivity index (χ3v) is 7.65.